The zero-order valence-electron chi connectivity index (χ0n) is 16.1. The summed E-state index contributed by atoms with van der Waals surface area (Å²) in [7, 11) is 2.91. The molecule has 29 heavy (non-hydrogen) atoms. The highest BCUT2D eigenvalue weighted by atomic mass is 19.4. The molecule has 1 aliphatic heterocycles. The normalized spacial score (nSPS) is 17.9. The van der Waals surface area contributed by atoms with Crippen LogP contribution < -0.4 is 0 Å². The molecule has 3 rings (SSSR count). The molecule has 10 heteroatoms. The largest absolute Gasteiger partial charge is 0.396 e. The van der Waals surface area contributed by atoms with Crippen molar-refractivity contribution in [3.63, 3.8) is 0 Å². The summed E-state index contributed by atoms with van der Waals surface area (Å²) in [5.41, 5.74) is -0.277. The SMILES string of the molecule is CO[C@@H](C(=O)N1CCC(OC)(c2nc(CC(F)(F)F)no2)CC1)c1ccccc1. The molecule has 0 saturated carbocycles. The Hall–Kier alpha value is -2.46. The summed E-state index contributed by atoms with van der Waals surface area (Å²) in [6.07, 6.45) is -5.80. The molecule has 0 unspecified atom stereocenters. The number of likely N-dealkylation sites (tertiary alicyclic amines) is 1. The molecule has 0 radical (unpaired) electrons. The number of piperidine rings is 1. The maximum atomic E-state index is 12.9. The fraction of sp³-hybridized carbons (Fsp3) is 0.526. The second kappa shape index (κ2) is 8.50. The number of amides is 1. The molecule has 2 aromatic rings. The van der Waals surface area contributed by atoms with Crippen LogP contribution in [0.1, 0.15) is 36.2 Å². The molecule has 1 fully saturated rings. The molecule has 0 bridgehead atoms. The molecule has 158 valence electrons. The number of hydrogen-bond donors (Lipinski definition) is 0. The van der Waals surface area contributed by atoms with E-state index in [1.54, 1.807) is 4.90 Å². The summed E-state index contributed by atoms with van der Waals surface area (Å²) in [6.45, 7) is 0.632. The van der Waals surface area contributed by atoms with Gasteiger partial charge in [-0.2, -0.15) is 18.2 Å². The van der Waals surface area contributed by atoms with Crippen molar-refractivity contribution in [3.05, 3.63) is 47.6 Å². The van der Waals surface area contributed by atoms with Gasteiger partial charge >= 0.3 is 6.18 Å². The number of benzene rings is 1. The highest BCUT2D eigenvalue weighted by molar-refractivity contribution is 5.82. The van der Waals surface area contributed by atoms with Crippen molar-refractivity contribution in [1.29, 1.82) is 0 Å². The lowest BCUT2D eigenvalue weighted by atomic mass is 9.90. The zero-order chi connectivity index (χ0) is 21.1. The van der Waals surface area contributed by atoms with Crippen molar-refractivity contribution in [2.45, 2.75) is 37.1 Å². The van der Waals surface area contributed by atoms with E-state index >= 15 is 0 Å². The van der Waals surface area contributed by atoms with Crippen LogP contribution in [-0.4, -0.2) is 54.4 Å². The van der Waals surface area contributed by atoms with Crippen molar-refractivity contribution in [2.24, 2.45) is 0 Å². The van der Waals surface area contributed by atoms with Gasteiger partial charge in [-0.25, -0.2) is 0 Å². The second-order valence-corrected chi connectivity index (χ2v) is 6.86. The Bertz CT molecular complexity index is 818. The Balaban J connectivity index is 1.70. The first kappa shape index (κ1) is 21.3. The van der Waals surface area contributed by atoms with Gasteiger partial charge in [0.1, 0.15) is 12.0 Å². The smallest absolute Gasteiger partial charge is 0.368 e. The topological polar surface area (TPSA) is 77.7 Å². The number of aromatic nitrogens is 2. The Kier molecular flexibility index (Phi) is 6.23. The number of alkyl halides is 3. The van der Waals surface area contributed by atoms with Crippen LogP contribution in [0.5, 0.6) is 0 Å². The van der Waals surface area contributed by atoms with Gasteiger partial charge in [-0.1, -0.05) is 35.5 Å². The summed E-state index contributed by atoms with van der Waals surface area (Å²) in [4.78, 5) is 18.4. The van der Waals surface area contributed by atoms with Gasteiger partial charge in [-0.15, -0.1) is 0 Å². The van der Waals surface area contributed by atoms with Crippen molar-refractivity contribution in [2.75, 3.05) is 27.3 Å². The van der Waals surface area contributed by atoms with Gasteiger partial charge < -0.3 is 18.9 Å². The number of carbonyl (C=O) groups excluding carboxylic acids is 1. The Morgan fingerprint density at radius 3 is 2.45 bits per heavy atom. The molecule has 2 heterocycles. The summed E-state index contributed by atoms with van der Waals surface area (Å²) in [5.74, 6) is -0.629. The molecule has 1 aliphatic rings. The highest BCUT2D eigenvalue weighted by Crippen LogP contribution is 2.36. The maximum absolute atomic E-state index is 12.9. The summed E-state index contributed by atoms with van der Waals surface area (Å²) in [5, 5.41) is 3.42. The Morgan fingerprint density at radius 1 is 1.24 bits per heavy atom. The first-order valence-electron chi connectivity index (χ1n) is 9.09. The van der Waals surface area contributed by atoms with Crippen molar-refractivity contribution < 1.29 is 32.0 Å². The molecule has 1 aromatic carbocycles. The van der Waals surface area contributed by atoms with Crippen LogP contribution in [0.4, 0.5) is 13.2 Å². The van der Waals surface area contributed by atoms with E-state index in [0.717, 1.165) is 5.56 Å². The number of carbonyl (C=O) groups is 1. The van der Waals surface area contributed by atoms with Gasteiger partial charge in [0.15, 0.2) is 11.9 Å². The standard InChI is InChI=1S/C19H22F3N3O4/c1-27-15(13-6-4-3-5-7-13)16(26)25-10-8-18(28-2,9-11-25)17-23-14(24-29-17)12-19(20,21)22/h3-7,15H,8-12H2,1-2H3/t15-/m1/s1. The first-order chi connectivity index (χ1) is 13.8. The van der Waals surface area contributed by atoms with Crippen molar-refractivity contribution in [3.8, 4) is 0 Å². The second-order valence-electron chi connectivity index (χ2n) is 6.86. The van der Waals surface area contributed by atoms with Gasteiger partial charge in [-0.05, 0) is 5.56 Å². The van der Waals surface area contributed by atoms with E-state index in [2.05, 4.69) is 10.1 Å². The number of halogens is 3. The zero-order valence-corrected chi connectivity index (χ0v) is 16.1. The molecule has 1 saturated heterocycles. The van der Waals surface area contributed by atoms with E-state index in [1.165, 1.54) is 14.2 Å². The van der Waals surface area contributed by atoms with Crippen LogP contribution in [0.15, 0.2) is 34.9 Å². The fourth-order valence-corrected chi connectivity index (χ4v) is 3.46. The summed E-state index contributed by atoms with van der Waals surface area (Å²) < 4.78 is 53.7. The third-order valence-electron chi connectivity index (χ3n) is 5.05. The lowest BCUT2D eigenvalue weighted by Gasteiger charge is -2.39. The average molecular weight is 413 g/mol. The molecule has 1 atom stereocenters. The third-order valence-corrected chi connectivity index (χ3v) is 5.05. The monoisotopic (exact) mass is 413 g/mol. The fourth-order valence-electron chi connectivity index (χ4n) is 3.46. The van der Waals surface area contributed by atoms with E-state index in [0.29, 0.717) is 25.9 Å². The molecule has 7 nitrogen and oxygen atoms in total. The molecular weight excluding hydrogens is 391 g/mol. The lowest BCUT2D eigenvalue weighted by Crippen LogP contribution is -2.47. The van der Waals surface area contributed by atoms with Crippen LogP contribution in [0.3, 0.4) is 0 Å². The van der Waals surface area contributed by atoms with Gasteiger partial charge in [0.2, 0.25) is 0 Å². The lowest BCUT2D eigenvalue weighted by molar-refractivity contribution is -0.149. The third kappa shape index (κ3) is 4.76. The summed E-state index contributed by atoms with van der Waals surface area (Å²) in [6, 6.07) is 9.14. The van der Waals surface area contributed by atoms with Gasteiger partial charge in [0.05, 0.1) is 0 Å². The number of rotatable bonds is 6. The van der Waals surface area contributed by atoms with Gasteiger partial charge in [0.25, 0.3) is 11.8 Å². The minimum absolute atomic E-state index is 0.00213. The average Bonchev–Trinajstić information content (AvgIpc) is 3.16. The first-order valence-corrected chi connectivity index (χ1v) is 9.09. The predicted octanol–water partition coefficient (Wildman–Crippen LogP) is 3.03. The van der Waals surface area contributed by atoms with Crippen LogP contribution >= 0.6 is 0 Å². The van der Waals surface area contributed by atoms with E-state index < -0.39 is 30.1 Å². The van der Waals surface area contributed by atoms with Crippen LogP contribution in [0.25, 0.3) is 0 Å². The minimum Gasteiger partial charge on any atom is -0.368 e. The van der Waals surface area contributed by atoms with Gasteiger partial charge in [-0.3, -0.25) is 4.79 Å². The molecule has 0 aliphatic carbocycles. The highest BCUT2D eigenvalue weighted by Gasteiger charge is 2.44. The maximum Gasteiger partial charge on any atom is 0.396 e. The molecule has 1 aromatic heterocycles. The molecular formula is C19H22F3N3O4. The number of ether oxygens (including phenoxy) is 2. The van der Waals surface area contributed by atoms with E-state index in [1.807, 2.05) is 30.3 Å². The molecule has 1 amide bonds. The Morgan fingerprint density at radius 2 is 1.90 bits per heavy atom. The number of methoxy groups -OCH3 is 2. The Labute approximate surface area is 165 Å². The minimum atomic E-state index is -4.43. The van der Waals surface area contributed by atoms with Crippen LogP contribution in [0.2, 0.25) is 0 Å². The van der Waals surface area contributed by atoms with E-state index in [-0.39, 0.29) is 11.8 Å². The number of nitrogens with zero attached hydrogens (tertiary/aromatic N) is 3. The van der Waals surface area contributed by atoms with Crippen molar-refractivity contribution in [1.82, 2.24) is 15.0 Å². The van der Waals surface area contributed by atoms with E-state index in [9.17, 15) is 18.0 Å². The predicted molar refractivity (Wildman–Crippen MR) is 94.8 cm³/mol. The quantitative estimate of drug-likeness (QED) is 0.725. The van der Waals surface area contributed by atoms with Gasteiger partial charge in [0, 0.05) is 40.2 Å². The van der Waals surface area contributed by atoms with E-state index in [4.69, 9.17) is 14.0 Å². The van der Waals surface area contributed by atoms with Crippen LogP contribution in [-0.2, 0) is 26.3 Å². The molecule has 0 N–H and O–H groups in total. The number of hydrogen-bond acceptors (Lipinski definition) is 6. The molecule has 0 spiro atoms. The summed E-state index contributed by atoms with van der Waals surface area (Å²) >= 11 is 0. The van der Waals surface area contributed by atoms with Crippen LogP contribution in [0, 0.1) is 0 Å². The van der Waals surface area contributed by atoms with Crippen molar-refractivity contribution >= 4 is 5.91 Å².